The molecule has 0 radical (unpaired) electrons. The Labute approximate surface area is 145 Å². The molecule has 0 saturated carbocycles. The van der Waals surface area contributed by atoms with E-state index in [1.54, 1.807) is 0 Å². The average molecular weight is 374 g/mol. The topological polar surface area (TPSA) is 53.5 Å². The maximum atomic E-state index is 11.9. The number of nitrogens with zero attached hydrogens (tertiary/aromatic N) is 1. The minimum atomic E-state index is -0.183. The lowest BCUT2D eigenvalue weighted by molar-refractivity contribution is -0.119. The molecular weight excluding hydrogens is 354 g/mol. The minimum absolute atomic E-state index is 0.172. The Balaban J connectivity index is 1.92. The fourth-order valence-electron chi connectivity index (χ4n) is 2.12. The number of aryl methyl sites for hydroxylation is 2. The lowest BCUT2D eigenvalue weighted by atomic mass is 10.0. The van der Waals surface area contributed by atoms with Crippen molar-refractivity contribution < 1.29 is 4.79 Å². The van der Waals surface area contributed by atoms with E-state index in [1.807, 2.05) is 45.0 Å². The van der Waals surface area contributed by atoms with Crippen molar-refractivity contribution in [1.82, 2.24) is 5.43 Å². The van der Waals surface area contributed by atoms with E-state index in [-0.39, 0.29) is 12.5 Å². The molecule has 0 aliphatic rings. The van der Waals surface area contributed by atoms with Gasteiger partial charge in [0, 0.05) is 15.7 Å². The summed E-state index contributed by atoms with van der Waals surface area (Å²) in [4.78, 5) is 11.9. The first-order valence-corrected chi connectivity index (χ1v) is 8.15. The van der Waals surface area contributed by atoms with E-state index in [4.69, 9.17) is 0 Å². The number of nitrogens with one attached hydrogen (secondary N) is 2. The SMILES string of the molecule is C/C(=N/NC(=O)CNc1ccc(Br)cc1)c1cc(C)ccc1C. The third-order valence-corrected chi connectivity index (χ3v) is 3.96. The van der Waals surface area contributed by atoms with Crippen molar-refractivity contribution in [2.45, 2.75) is 20.8 Å². The van der Waals surface area contributed by atoms with Crippen LogP contribution in [0, 0.1) is 13.8 Å². The highest BCUT2D eigenvalue weighted by molar-refractivity contribution is 9.10. The van der Waals surface area contributed by atoms with Crippen LogP contribution in [0.2, 0.25) is 0 Å². The lowest BCUT2D eigenvalue weighted by Gasteiger charge is -2.08. The molecule has 1 amide bonds. The normalized spacial score (nSPS) is 11.2. The van der Waals surface area contributed by atoms with Gasteiger partial charge in [0.2, 0.25) is 0 Å². The highest BCUT2D eigenvalue weighted by Gasteiger charge is 2.04. The number of hydrogen-bond acceptors (Lipinski definition) is 3. The molecule has 0 aliphatic carbocycles. The van der Waals surface area contributed by atoms with Gasteiger partial charge in [0.1, 0.15) is 0 Å². The molecule has 2 aromatic rings. The molecule has 0 saturated heterocycles. The molecule has 0 fully saturated rings. The van der Waals surface area contributed by atoms with Crippen LogP contribution in [0.4, 0.5) is 5.69 Å². The summed E-state index contributed by atoms with van der Waals surface area (Å²) in [7, 11) is 0. The van der Waals surface area contributed by atoms with Crippen LogP contribution in [0.25, 0.3) is 0 Å². The largest absolute Gasteiger partial charge is 0.376 e. The Morgan fingerprint density at radius 2 is 1.83 bits per heavy atom. The predicted octanol–water partition coefficient (Wildman–Crippen LogP) is 4.02. The summed E-state index contributed by atoms with van der Waals surface area (Å²) in [6, 6.07) is 13.8. The van der Waals surface area contributed by atoms with Crippen molar-refractivity contribution >= 4 is 33.2 Å². The number of carbonyl (C=O) groups is 1. The standard InChI is InChI=1S/C18H20BrN3O/c1-12-4-5-13(2)17(10-12)14(3)21-22-18(23)11-20-16-8-6-15(19)7-9-16/h4-10,20H,11H2,1-3H3,(H,22,23)/b21-14-. The third kappa shape index (κ3) is 5.21. The number of hydrazone groups is 1. The highest BCUT2D eigenvalue weighted by atomic mass is 79.9. The Bertz CT molecular complexity index is 724. The van der Waals surface area contributed by atoms with Crippen molar-refractivity contribution in [3.05, 3.63) is 63.6 Å². The number of hydrogen-bond donors (Lipinski definition) is 2. The zero-order chi connectivity index (χ0) is 16.8. The summed E-state index contributed by atoms with van der Waals surface area (Å²) >= 11 is 3.37. The molecule has 5 heteroatoms. The van der Waals surface area contributed by atoms with Gasteiger partial charge >= 0.3 is 0 Å². The summed E-state index contributed by atoms with van der Waals surface area (Å²) in [5, 5.41) is 7.25. The number of halogens is 1. The van der Waals surface area contributed by atoms with Crippen LogP contribution in [-0.4, -0.2) is 18.2 Å². The van der Waals surface area contributed by atoms with Gasteiger partial charge in [-0.3, -0.25) is 4.79 Å². The number of carbonyl (C=O) groups excluding carboxylic acids is 1. The second kappa shape index (κ2) is 7.92. The van der Waals surface area contributed by atoms with Gasteiger partial charge in [-0.2, -0.15) is 5.10 Å². The summed E-state index contributed by atoms with van der Waals surface area (Å²) in [6.45, 7) is 6.14. The van der Waals surface area contributed by atoms with Crippen molar-refractivity contribution in [1.29, 1.82) is 0 Å². The second-order valence-corrected chi connectivity index (χ2v) is 6.33. The van der Waals surface area contributed by atoms with Gasteiger partial charge in [0.05, 0.1) is 12.3 Å². The quantitative estimate of drug-likeness (QED) is 0.614. The van der Waals surface area contributed by atoms with E-state index >= 15 is 0 Å². The van der Waals surface area contributed by atoms with E-state index in [0.717, 1.165) is 27.0 Å². The number of rotatable bonds is 5. The second-order valence-electron chi connectivity index (χ2n) is 5.41. The molecule has 23 heavy (non-hydrogen) atoms. The molecule has 120 valence electrons. The molecule has 0 aromatic heterocycles. The molecule has 0 unspecified atom stereocenters. The zero-order valence-corrected chi connectivity index (χ0v) is 15.1. The molecule has 0 atom stereocenters. The first-order valence-electron chi connectivity index (χ1n) is 7.36. The summed E-state index contributed by atoms with van der Waals surface area (Å²) < 4.78 is 1.00. The van der Waals surface area contributed by atoms with E-state index < -0.39 is 0 Å². The smallest absolute Gasteiger partial charge is 0.259 e. The maximum Gasteiger partial charge on any atom is 0.259 e. The van der Waals surface area contributed by atoms with Crippen LogP contribution in [0.3, 0.4) is 0 Å². The van der Waals surface area contributed by atoms with Crippen LogP contribution >= 0.6 is 15.9 Å². The molecular formula is C18H20BrN3O. The Hall–Kier alpha value is -2.14. The number of anilines is 1. The molecule has 4 nitrogen and oxygen atoms in total. The molecule has 0 bridgehead atoms. The Morgan fingerprint density at radius 3 is 2.52 bits per heavy atom. The molecule has 2 aromatic carbocycles. The van der Waals surface area contributed by atoms with Gasteiger partial charge in [-0.15, -0.1) is 0 Å². The predicted molar refractivity (Wildman–Crippen MR) is 98.9 cm³/mol. The van der Waals surface area contributed by atoms with E-state index in [1.165, 1.54) is 5.56 Å². The van der Waals surface area contributed by atoms with Gasteiger partial charge in [-0.1, -0.05) is 33.6 Å². The van der Waals surface area contributed by atoms with Crippen molar-refractivity contribution in [3.63, 3.8) is 0 Å². The van der Waals surface area contributed by atoms with Gasteiger partial charge in [0.25, 0.3) is 5.91 Å². The molecule has 0 spiro atoms. The monoisotopic (exact) mass is 373 g/mol. The van der Waals surface area contributed by atoms with E-state index in [9.17, 15) is 4.79 Å². The van der Waals surface area contributed by atoms with Gasteiger partial charge < -0.3 is 5.32 Å². The van der Waals surface area contributed by atoms with E-state index in [0.29, 0.717) is 0 Å². The highest BCUT2D eigenvalue weighted by Crippen LogP contribution is 2.14. The number of amides is 1. The van der Waals surface area contributed by atoms with Crippen LogP contribution in [0.15, 0.2) is 52.0 Å². The van der Waals surface area contributed by atoms with Gasteiger partial charge in [-0.05, 0) is 56.7 Å². The molecule has 0 aliphatic heterocycles. The van der Waals surface area contributed by atoms with Gasteiger partial charge in [0.15, 0.2) is 0 Å². The molecule has 0 heterocycles. The van der Waals surface area contributed by atoms with Crippen molar-refractivity contribution in [2.75, 3.05) is 11.9 Å². The summed E-state index contributed by atoms with van der Waals surface area (Å²) in [6.07, 6.45) is 0. The molecule has 2 N–H and O–H groups in total. The lowest BCUT2D eigenvalue weighted by Crippen LogP contribution is -2.26. The van der Waals surface area contributed by atoms with Crippen LogP contribution < -0.4 is 10.7 Å². The van der Waals surface area contributed by atoms with Crippen LogP contribution in [-0.2, 0) is 4.79 Å². The average Bonchev–Trinajstić information content (AvgIpc) is 2.54. The van der Waals surface area contributed by atoms with Crippen LogP contribution in [0.5, 0.6) is 0 Å². The van der Waals surface area contributed by atoms with Gasteiger partial charge in [-0.25, -0.2) is 5.43 Å². The zero-order valence-electron chi connectivity index (χ0n) is 13.5. The Kier molecular flexibility index (Phi) is 5.93. The third-order valence-electron chi connectivity index (χ3n) is 3.43. The molecule has 2 rings (SSSR count). The van der Waals surface area contributed by atoms with Crippen molar-refractivity contribution in [3.8, 4) is 0 Å². The van der Waals surface area contributed by atoms with Crippen LogP contribution in [0.1, 0.15) is 23.6 Å². The summed E-state index contributed by atoms with van der Waals surface area (Å²) in [5.41, 5.74) is 7.62. The first kappa shape index (κ1) is 17.2. The first-order chi connectivity index (χ1) is 11.0. The number of benzene rings is 2. The maximum absolute atomic E-state index is 11.9. The summed E-state index contributed by atoms with van der Waals surface area (Å²) in [5.74, 6) is -0.183. The fraction of sp³-hybridized carbons (Fsp3) is 0.222. The Morgan fingerprint density at radius 1 is 1.13 bits per heavy atom. The van der Waals surface area contributed by atoms with E-state index in [2.05, 4.69) is 50.0 Å². The minimum Gasteiger partial charge on any atom is -0.376 e. The fourth-order valence-corrected chi connectivity index (χ4v) is 2.39. The van der Waals surface area contributed by atoms with Crippen molar-refractivity contribution in [2.24, 2.45) is 5.10 Å².